The average molecular weight is 324 g/mol. The monoisotopic (exact) mass is 323 g/mol. The maximum Gasteiger partial charge on any atom is 0.273 e. The Morgan fingerprint density at radius 1 is 1.36 bits per heavy atom. The number of benzene rings is 1. The minimum atomic E-state index is -0.233. The first-order valence-corrected chi connectivity index (χ1v) is 7.23. The van der Waals surface area contributed by atoms with E-state index in [0.717, 1.165) is 24.9 Å². The Balaban J connectivity index is 0.00000242. The van der Waals surface area contributed by atoms with E-state index in [1.807, 2.05) is 30.3 Å². The van der Waals surface area contributed by atoms with Crippen molar-refractivity contribution in [1.82, 2.24) is 20.3 Å². The molecule has 0 fully saturated rings. The van der Waals surface area contributed by atoms with Gasteiger partial charge in [-0.05, 0) is 18.6 Å². The Kier molecular flexibility index (Phi) is 7.56. The van der Waals surface area contributed by atoms with Crippen LogP contribution in [0.4, 0.5) is 0 Å². The molecule has 0 spiro atoms. The van der Waals surface area contributed by atoms with Crippen LogP contribution in [-0.2, 0) is 0 Å². The number of nitrogens with two attached hydrogens (primary N) is 1. The van der Waals surface area contributed by atoms with Crippen molar-refractivity contribution in [2.24, 2.45) is 5.73 Å². The Labute approximate surface area is 136 Å². The highest BCUT2D eigenvalue weighted by atomic mass is 35.5. The van der Waals surface area contributed by atoms with Gasteiger partial charge in [-0.1, -0.05) is 43.2 Å². The third-order valence-electron chi connectivity index (χ3n) is 3.27. The van der Waals surface area contributed by atoms with Gasteiger partial charge in [0.25, 0.3) is 5.91 Å². The van der Waals surface area contributed by atoms with Crippen LogP contribution in [-0.4, -0.2) is 33.5 Å². The van der Waals surface area contributed by atoms with Gasteiger partial charge in [0.1, 0.15) is 0 Å². The highest BCUT2D eigenvalue weighted by Gasteiger charge is 2.15. The molecular formula is C15H22ClN5O. The predicted molar refractivity (Wildman–Crippen MR) is 88.4 cm³/mol. The normalized spacial score (nSPS) is 11.5. The van der Waals surface area contributed by atoms with Gasteiger partial charge >= 0.3 is 0 Å². The lowest BCUT2D eigenvalue weighted by molar-refractivity contribution is 0.0930. The lowest BCUT2D eigenvalue weighted by Crippen LogP contribution is -2.40. The molecule has 2 aromatic rings. The van der Waals surface area contributed by atoms with Gasteiger partial charge in [-0.15, -0.1) is 17.5 Å². The summed E-state index contributed by atoms with van der Waals surface area (Å²) in [6, 6.07) is 9.53. The van der Waals surface area contributed by atoms with Crippen LogP contribution in [0.25, 0.3) is 5.69 Å². The number of carbonyl (C=O) groups excluding carboxylic acids is 1. The number of hydrogen-bond acceptors (Lipinski definition) is 4. The van der Waals surface area contributed by atoms with Gasteiger partial charge in [-0.25, -0.2) is 4.68 Å². The predicted octanol–water partition coefficient (Wildman–Crippen LogP) is 1.94. The van der Waals surface area contributed by atoms with E-state index >= 15 is 0 Å². The number of nitrogens with one attached hydrogen (secondary N) is 1. The zero-order valence-electron chi connectivity index (χ0n) is 12.6. The molecular weight excluding hydrogens is 302 g/mol. The summed E-state index contributed by atoms with van der Waals surface area (Å²) in [7, 11) is 0. The Bertz CT molecular complexity index is 572. The summed E-state index contributed by atoms with van der Waals surface area (Å²) in [4.78, 5) is 12.1. The molecule has 1 heterocycles. The summed E-state index contributed by atoms with van der Waals surface area (Å²) in [5.74, 6) is -0.233. The molecule has 0 bridgehead atoms. The van der Waals surface area contributed by atoms with E-state index in [9.17, 15) is 4.79 Å². The van der Waals surface area contributed by atoms with Crippen molar-refractivity contribution in [3.63, 3.8) is 0 Å². The van der Waals surface area contributed by atoms with Crippen LogP contribution in [0.3, 0.4) is 0 Å². The molecule has 0 aliphatic heterocycles. The van der Waals surface area contributed by atoms with Crippen LogP contribution < -0.4 is 11.1 Å². The number of aromatic nitrogens is 3. The number of amides is 1. The highest BCUT2D eigenvalue weighted by molar-refractivity contribution is 5.92. The van der Waals surface area contributed by atoms with Crippen molar-refractivity contribution in [3.8, 4) is 5.69 Å². The molecule has 1 aromatic carbocycles. The third-order valence-corrected chi connectivity index (χ3v) is 3.27. The summed E-state index contributed by atoms with van der Waals surface area (Å²) < 4.78 is 1.58. The van der Waals surface area contributed by atoms with E-state index in [1.54, 1.807) is 10.9 Å². The third kappa shape index (κ3) is 4.82. The second-order valence-electron chi connectivity index (χ2n) is 4.93. The maximum absolute atomic E-state index is 12.1. The fourth-order valence-electron chi connectivity index (χ4n) is 2.03. The summed E-state index contributed by atoms with van der Waals surface area (Å²) >= 11 is 0. The van der Waals surface area contributed by atoms with Crippen LogP contribution in [0.15, 0.2) is 36.5 Å². The number of para-hydroxylation sites is 1. The number of unbranched alkanes of at least 4 members (excludes halogenated alkanes) is 1. The summed E-state index contributed by atoms with van der Waals surface area (Å²) in [5.41, 5.74) is 6.85. The minimum Gasteiger partial charge on any atom is -0.347 e. The highest BCUT2D eigenvalue weighted by Crippen LogP contribution is 2.06. The van der Waals surface area contributed by atoms with Crippen LogP contribution in [0.1, 0.15) is 36.7 Å². The molecule has 1 aromatic heterocycles. The van der Waals surface area contributed by atoms with Crippen molar-refractivity contribution in [2.45, 2.75) is 32.2 Å². The SMILES string of the molecule is CCCCC(CN)NC(=O)c1cn(-c2ccccc2)nn1.Cl. The van der Waals surface area contributed by atoms with Crippen molar-refractivity contribution >= 4 is 18.3 Å². The minimum absolute atomic E-state index is 0. The number of rotatable bonds is 7. The van der Waals surface area contributed by atoms with Gasteiger partial charge in [-0.3, -0.25) is 4.79 Å². The number of hydrogen-bond donors (Lipinski definition) is 2. The first kappa shape index (κ1) is 18.1. The molecule has 0 aliphatic rings. The molecule has 0 radical (unpaired) electrons. The second-order valence-corrected chi connectivity index (χ2v) is 4.93. The number of carbonyl (C=O) groups is 1. The Hall–Kier alpha value is -1.92. The van der Waals surface area contributed by atoms with Crippen molar-refractivity contribution in [3.05, 3.63) is 42.2 Å². The zero-order chi connectivity index (χ0) is 15.1. The van der Waals surface area contributed by atoms with E-state index in [0.29, 0.717) is 12.2 Å². The van der Waals surface area contributed by atoms with Crippen molar-refractivity contribution in [1.29, 1.82) is 0 Å². The van der Waals surface area contributed by atoms with Crippen molar-refractivity contribution in [2.75, 3.05) is 6.54 Å². The molecule has 0 saturated heterocycles. The lowest BCUT2D eigenvalue weighted by Gasteiger charge is -2.15. The van der Waals surface area contributed by atoms with Gasteiger partial charge in [-0.2, -0.15) is 0 Å². The zero-order valence-corrected chi connectivity index (χ0v) is 13.4. The topological polar surface area (TPSA) is 85.8 Å². The molecule has 6 nitrogen and oxygen atoms in total. The van der Waals surface area contributed by atoms with Gasteiger partial charge in [0.15, 0.2) is 5.69 Å². The molecule has 22 heavy (non-hydrogen) atoms. The maximum atomic E-state index is 12.1. The molecule has 120 valence electrons. The van der Waals surface area contributed by atoms with Crippen LogP contribution in [0.2, 0.25) is 0 Å². The molecule has 1 unspecified atom stereocenters. The molecule has 0 saturated carbocycles. The van der Waals surface area contributed by atoms with Crippen LogP contribution in [0, 0.1) is 0 Å². The average Bonchev–Trinajstić information content (AvgIpc) is 3.02. The second kappa shape index (κ2) is 9.17. The lowest BCUT2D eigenvalue weighted by atomic mass is 10.1. The molecule has 0 aliphatic carbocycles. The van der Waals surface area contributed by atoms with E-state index < -0.39 is 0 Å². The van der Waals surface area contributed by atoms with E-state index in [4.69, 9.17) is 5.73 Å². The standard InChI is InChI=1S/C15H21N5O.ClH/c1-2-3-7-12(10-16)17-15(21)14-11-20(19-18-14)13-8-5-4-6-9-13;/h4-6,8-9,11-12H,2-3,7,10,16H2,1H3,(H,17,21);1H. The first-order chi connectivity index (χ1) is 10.2. The van der Waals surface area contributed by atoms with Gasteiger partial charge < -0.3 is 11.1 Å². The fraction of sp³-hybridized carbons (Fsp3) is 0.400. The summed E-state index contributed by atoms with van der Waals surface area (Å²) in [6.45, 7) is 2.54. The summed E-state index contributed by atoms with van der Waals surface area (Å²) in [6.07, 6.45) is 4.62. The van der Waals surface area contributed by atoms with E-state index in [2.05, 4.69) is 22.6 Å². The van der Waals surface area contributed by atoms with Gasteiger partial charge in [0.2, 0.25) is 0 Å². The van der Waals surface area contributed by atoms with E-state index in [-0.39, 0.29) is 24.4 Å². The number of halogens is 1. The smallest absolute Gasteiger partial charge is 0.273 e. The van der Waals surface area contributed by atoms with E-state index in [1.165, 1.54) is 0 Å². The quantitative estimate of drug-likeness (QED) is 0.815. The van der Waals surface area contributed by atoms with Crippen molar-refractivity contribution < 1.29 is 4.79 Å². The molecule has 2 rings (SSSR count). The fourth-order valence-corrected chi connectivity index (χ4v) is 2.03. The van der Waals surface area contributed by atoms with Gasteiger partial charge in [0.05, 0.1) is 11.9 Å². The Morgan fingerprint density at radius 2 is 2.09 bits per heavy atom. The number of nitrogens with zero attached hydrogens (tertiary/aromatic N) is 3. The largest absolute Gasteiger partial charge is 0.347 e. The molecule has 7 heteroatoms. The molecule has 3 N–H and O–H groups in total. The van der Waals surface area contributed by atoms with Crippen LogP contribution >= 0.6 is 12.4 Å². The molecule has 1 atom stereocenters. The van der Waals surface area contributed by atoms with Gasteiger partial charge in [0, 0.05) is 12.6 Å². The first-order valence-electron chi connectivity index (χ1n) is 7.23. The summed E-state index contributed by atoms with van der Waals surface area (Å²) in [5, 5.41) is 10.8. The molecule has 1 amide bonds. The van der Waals surface area contributed by atoms with Crippen LogP contribution in [0.5, 0.6) is 0 Å². The Morgan fingerprint density at radius 3 is 2.73 bits per heavy atom.